The quantitative estimate of drug-likeness (QED) is 0.480. The Kier molecular flexibility index (Phi) is 5.94. The third-order valence-electron chi connectivity index (χ3n) is 1.49. The summed E-state index contributed by atoms with van der Waals surface area (Å²) in [5.41, 5.74) is 5.52. The zero-order chi connectivity index (χ0) is 10.3. The van der Waals surface area contributed by atoms with Crippen molar-refractivity contribution in [3.05, 3.63) is 0 Å². The van der Waals surface area contributed by atoms with Crippen LogP contribution in [0.2, 0.25) is 0 Å². The van der Waals surface area contributed by atoms with Crippen molar-refractivity contribution in [3.63, 3.8) is 0 Å². The lowest BCUT2D eigenvalue weighted by Crippen LogP contribution is -2.43. The van der Waals surface area contributed by atoms with Crippen LogP contribution in [0.3, 0.4) is 0 Å². The maximum atomic E-state index is 11.1. The molecule has 0 aromatic carbocycles. The summed E-state index contributed by atoms with van der Waals surface area (Å²) in [5, 5.41) is 0. The maximum Gasteiger partial charge on any atom is 0.325 e. The van der Waals surface area contributed by atoms with E-state index in [9.17, 15) is 4.79 Å². The summed E-state index contributed by atoms with van der Waals surface area (Å²) in [6.45, 7) is 3.86. The van der Waals surface area contributed by atoms with Crippen LogP contribution in [-0.2, 0) is 14.3 Å². The number of esters is 1. The number of rotatable bonds is 5. The Labute approximate surface area is 78.4 Å². The normalized spacial score (nSPS) is 14.3. The molecule has 0 aliphatic heterocycles. The Balaban J connectivity index is 3.87. The van der Waals surface area contributed by atoms with Gasteiger partial charge in [0.1, 0.15) is 12.6 Å². The van der Waals surface area contributed by atoms with Gasteiger partial charge in [0.25, 0.3) is 0 Å². The van der Waals surface area contributed by atoms with Gasteiger partial charge in [0.05, 0.1) is 12.7 Å². The van der Waals surface area contributed by atoms with Crippen molar-refractivity contribution in [1.29, 1.82) is 0 Å². The topological polar surface area (TPSA) is 61.5 Å². The van der Waals surface area contributed by atoms with Crippen LogP contribution in [0.4, 0.5) is 0 Å². The lowest BCUT2D eigenvalue weighted by Gasteiger charge is -2.17. The zero-order valence-corrected chi connectivity index (χ0v) is 7.95. The van der Waals surface area contributed by atoms with Crippen molar-refractivity contribution in [2.24, 2.45) is 5.73 Å². The monoisotopic (exact) mass is 185 g/mol. The fourth-order valence-corrected chi connectivity index (χ4v) is 0.713. The molecule has 2 atom stereocenters. The molecule has 0 saturated carbocycles. The first-order chi connectivity index (χ1) is 6.13. The highest BCUT2D eigenvalue weighted by Gasteiger charge is 2.22. The van der Waals surface area contributed by atoms with Crippen LogP contribution in [0, 0.1) is 12.3 Å². The Morgan fingerprint density at radius 1 is 1.69 bits per heavy atom. The number of ether oxygens (including phenoxy) is 2. The van der Waals surface area contributed by atoms with Crippen LogP contribution >= 0.6 is 0 Å². The predicted octanol–water partition coefficient (Wildman–Crippen LogP) is -0.0849. The van der Waals surface area contributed by atoms with Gasteiger partial charge in [0.15, 0.2) is 0 Å². The highest BCUT2D eigenvalue weighted by atomic mass is 16.5. The predicted molar refractivity (Wildman–Crippen MR) is 48.9 cm³/mol. The molecule has 4 heteroatoms. The second kappa shape index (κ2) is 6.46. The molecule has 74 valence electrons. The van der Waals surface area contributed by atoms with Crippen molar-refractivity contribution in [3.8, 4) is 12.3 Å². The minimum atomic E-state index is -0.770. The highest BCUT2D eigenvalue weighted by molar-refractivity contribution is 5.76. The van der Waals surface area contributed by atoms with E-state index in [2.05, 4.69) is 5.92 Å². The van der Waals surface area contributed by atoms with E-state index in [1.807, 2.05) is 0 Å². The van der Waals surface area contributed by atoms with E-state index >= 15 is 0 Å². The molecule has 4 nitrogen and oxygen atoms in total. The minimum Gasteiger partial charge on any atom is -0.465 e. The molecule has 0 unspecified atom stereocenters. The van der Waals surface area contributed by atoms with Gasteiger partial charge in [0, 0.05) is 0 Å². The number of hydrogen-bond donors (Lipinski definition) is 1. The molecule has 0 aliphatic carbocycles. The van der Waals surface area contributed by atoms with E-state index in [0.29, 0.717) is 6.61 Å². The molecule has 0 fully saturated rings. The molecule has 0 rings (SSSR count). The number of terminal acetylenes is 1. The number of carbonyl (C=O) groups is 1. The molecular formula is C9H15NO3. The largest absolute Gasteiger partial charge is 0.465 e. The van der Waals surface area contributed by atoms with Gasteiger partial charge in [0.2, 0.25) is 0 Å². The smallest absolute Gasteiger partial charge is 0.325 e. The van der Waals surface area contributed by atoms with Gasteiger partial charge < -0.3 is 15.2 Å². The van der Waals surface area contributed by atoms with Gasteiger partial charge in [-0.05, 0) is 13.8 Å². The van der Waals surface area contributed by atoms with Gasteiger partial charge in [-0.15, -0.1) is 6.42 Å². The van der Waals surface area contributed by atoms with Crippen LogP contribution in [0.5, 0.6) is 0 Å². The maximum absolute atomic E-state index is 11.1. The summed E-state index contributed by atoms with van der Waals surface area (Å²) >= 11 is 0. The molecule has 0 saturated heterocycles. The summed E-state index contributed by atoms with van der Waals surface area (Å²) in [5.74, 6) is 1.83. The van der Waals surface area contributed by atoms with E-state index in [4.69, 9.17) is 21.6 Å². The molecule has 0 bridgehead atoms. The first-order valence-corrected chi connectivity index (χ1v) is 4.10. The molecule has 13 heavy (non-hydrogen) atoms. The number of nitrogens with two attached hydrogens (primary N) is 1. The van der Waals surface area contributed by atoms with E-state index in [-0.39, 0.29) is 6.61 Å². The summed E-state index contributed by atoms with van der Waals surface area (Å²) < 4.78 is 9.77. The van der Waals surface area contributed by atoms with Gasteiger partial charge in [-0.2, -0.15) is 0 Å². The fourth-order valence-electron chi connectivity index (χ4n) is 0.713. The average Bonchev–Trinajstić information content (AvgIpc) is 2.13. The Morgan fingerprint density at radius 2 is 2.31 bits per heavy atom. The molecule has 0 aromatic heterocycles. The molecule has 0 radical (unpaired) electrons. The molecule has 0 heterocycles. The van der Waals surface area contributed by atoms with Crippen molar-refractivity contribution < 1.29 is 14.3 Å². The summed E-state index contributed by atoms with van der Waals surface area (Å²) in [4.78, 5) is 11.1. The molecule has 0 aromatic rings. The van der Waals surface area contributed by atoms with Crippen LogP contribution in [-0.4, -0.2) is 31.3 Å². The Bertz CT molecular complexity index is 198. The van der Waals surface area contributed by atoms with Gasteiger partial charge >= 0.3 is 5.97 Å². The van der Waals surface area contributed by atoms with E-state index < -0.39 is 18.1 Å². The average molecular weight is 185 g/mol. The molecule has 0 amide bonds. The fraction of sp³-hybridized carbons (Fsp3) is 0.667. The zero-order valence-electron chi connectivity index (χ0n) is 7.95. The standard InChI is InChI=1S/C9H15NO3/c1-4-6-13-7(3)8(10)9(11)12-5-2/h1,7-8H,5-6,10H2,2-3H3/t7-,8+/m1/s1. The van der Waals surface area contributed by atoms with Gasteiger partial charge in [-0.3, -0.25) is 4.79 Å². The number of hydrogen-bond acceptors (Lipinski definition) is 4. The van der Waals surface area contributed by atoms with Crippen molar-refractivity contribution in [2.45, 2.75) is 26.0 Å². The van der Waals surface area contributed by atoms with Crippen molar-refractivity contribution >= 4 is 5.97 Å². The van der Waals surface area contributed by atoms with Crippen LogP contribution in [0.15, 0.2) is 0 Å². The minimum absolute atomic E-state index is 0.147. The molecule has 0 spiro atoms. The second-order valence-corrected chi connectivity index (χ2v) is 2.50. The number of carbonyl (C=O) groups excluding carboxylic acids is 1. The summed E-state index contributed by atoms with van der Waals surface area (Å²) in [6, 6.07) is -0.770. The third kappa shape index (κ3) is 4.51. The lowest BCUT2D eigenvalue weighted by molar-refractivity contribution is -0.147. The van der Waals surface area contributed by atoms with E-state index in [1.54, 1.807) is 13.8 Å². The first-order valence-electron chi connectivity index (χ1n) is 4.10. The second-order valence-electron chi connectivity index (χ2n) is 2.50. The van der Waals surface area contributed by atoms with Crippen LogP contribution < -0.4 is 5.73 Å². The summed E-state index contributed by atoms with van der Waals surface area (Å²) in [7, 11) is 0. The van der Waals surface area contributed by atoms with Crippen LogP contribution in [0.1, 0.15) is 13.8 Å². The lowest BCUT2D eigenvalue weighted by atomic mass is 10.2. The van der Waals surface area contributed by atoms with Gasteiger partial charge in [-0.25, -0.2) is 0 Å². The van der Waals surface area contributed by atoms with Gasteiger partial charge in [-0.1, -0.05) is 5.92 Å². The first kappa shape index (κ1) is 11.9. The Hall–Kier alpha value is -1.05. The van der Waals surface area contributed by atoms with E-state index in [0.717, 1.165) is 0 Å². The molecular weight excluding hydrogens is 170 g/mol. The molecule has 0 aliphatic rings. The van der Waals surface area contributed by atoms with E-state index in [1.165, 1.54) is 0 Å². The molecule has 2 N–H and O–H groups in total. The summed E-state index contributed by atoms with van der Waals surface area (Å²) in [6.07, 6.45) is 4.56. The Morgan fingerprint density at radius 3 is 2.77 bits per heavy atom. The van der Waals surface area contributed by atoms with Crippen LogP contribution in [0.25, 0.3) is 0 Å². The van der Waals surface area contributed by atoms with Crippen molar-refractivity contribution in [1.82, 2.24) is 0 Å². The third-order valence-corrected chi connectivity index (χ3v) is 1.49. The highest BCUT2D eigenvalue weighted by Crippen LogP contribution is 1.98. The van der Waals surface area contributed by atoms with Crippen molar-refractivity contribution in [2.75, 3.05) is 13.2 Å². The SMILES string of the molecule is C#CCO[C@H](C)[C@H](N)C(=O)OCC.